The Labute approximate surface area is 84.0 Å². The Morgan fingerprint density at radius 2 is 2.07 bits per heavy atom. The summed E-state index contributed by atoms with van der Waals surface area (Å²) in [7, 11) is 0. The number of nitrogens with zero attached hydrogens (tertiary/aromatic N) is 3. The van der Waals surface area contributed by atoms with Gasteiger partial charge in [0.25, 0.3) is 0 Å². The van der Waals surface area contributed by atoms with E-state index in [1.165, 1.54) is 6.33 Å². The van der Waals surface area contributed by atoms with Crippen LogP contribution < -0.4 is 0 Å². The van der Waals surface area contributed by atoms with E-state index in [1.807, 2.05) is 12.1 Å². The van der Waals surface area contributed by atoms with E-state index in [4.69, 9.17) is 11.6 Å². The van der Waals surface area contributed by atoms with Crippen LogP contribution in [0.15, 0.2) is 24.7 Å². The van der Waals surface area contributed by atoms with Gasteiger partial charge in [0.1, 0.15) is 22.8 Å². The van der Waals surface area contributed by atoms with Crippen LogP contribution in [0.3, 0.4) is 0 Å². The minimum Gasteiger partial charge on any atom is -0.324 e. The second-order valence-corrected chi connectivity index (χ2v) is 3.27. The highest BCUT2D eigenvalue weighted by molar-refractivity contribution is 6.36. The summed E-state index contributed by atoms with van der Waals surface area (Å²) in [6.07, 6.45) is 3.15. The maximum atomic E-state index is 5.98. The second-order valence-electron chi connectivity index (χ2n) is 2.91. The van der Waals surface area contributed by atoms with Crippen LogP contribution in [0.25, 0.3) is 22.1 Å². The molecule has 14 heavy (non-hydrogen) atoms. The van der Waals surface area contributed by atoms with Crippen molar-refractivity contribution in [1.82, 2.24) is 19.9 Å². The van der Waals surface area contributed by atoms with E-state index in [9.17, 15) is 0 Å². The molecule has 4 nitrogen and oxygen atoms in total. The lowest BCUT2D eigenvalue weighted by molar-refractivity contribution is 1.20. The van der Waals surface area contributed by atoms with Gasteiger partial charge in [-0.2, -0.15) is 0 Å². The first-order chi connectivity index (χ1) is 6.86. The number of fused-ring (bicyclic) bond motifs is 3. The first-order valence-corrected chi connectivity index (χ1v) is 4.47. The second kappa shape index (κ2) is 2.65. The van der Waals surface area contributed by atoms with Gasteiger partial charge in [-0.05, 0) is 12.1 Å². The van der Waals surface area contributed by atoms with E-state index in [-0.39, 0.29) is 0 Å². The van der Waals surface area contributed by atoms with Crippen molar-refractivity contribution in [3.63, 3.8) is 0 Å². The summed E-state index contributed by atoms with van der Waals surface area (Å²) in [6.45, 7) is 0. The maximum Gasteiger partial charge on any atom is 0.144 e. The fourth-order valence-electron chi connectivity index (χ4n) is 1.52. The summed E-state index contributed by atoms with van der Waals surface area (Å²) in [5.41, 5.74) is 1.50. The first kappa shape index (κ1) is 7.70. The van der Waals surface area contributed by atoms with Crippen molar-refractivity contribution in [2.45, 2.75) is 0 Å². The van der Waals surface area contributed by atoms with Crippen molar-refractivity contribution in [3.8, 4) is 0 Å². The molecule has 5 heteroatoms. The van der Waals surface area contributed by atoms with E-state index in [2.05, 4.69) is 19.9 Å². The van der Waals surface area contributed by atoms with Crippen molar-refractivity contribution in [1.29, 1.82) is 0 Å². The smallest absolute Gasteiger partial charge is 0.144 e. The predicted octanol–water partition coefficient (Wildman–Crippen LogP) is 2.16. The van der Waals surface area contributed by atoms with E-state index < -0.39 is 0 Å². The normalized spacial score (nSPS) is 11.2. The molecule has 0 atom stereocenters. The molecule has 0 aliphatic carbocycles. The van der Waals surface area contributed by atoms with Crippen LogP contribution in [0.4, 0.5) is 0 Å². The molecule has 0 amide bonds. The number of hydrogen-bond donors (Lipinski definition) is 1. The molecule has 3 rings (SSSR count). The third kappa shape index (κ3) is 0.914. The Hall–Kier alpha value is -1.68. The van der Waals surface area contributed by atoms with Gasteiger partial charge in [-0.1, -0.05) is 11.6 Å². The minimum atomic E-state index is 0.453. The molecular weight excluding hydrogens is 200 g/mol. The van der Waals surface area contributed by atoms with Gasteiger partial charge in [0.2, 0.25) is 0 Å². The molecule has 0 radical (unpaired) electrons. The van der Waals surface area contributed by atoms with Gasteiger partial charge in [0.05, 0.1) is 5.39 Å². The Bertz CT molecular complexity index is 616. The summed E-state index contributed by atoms with van der Waals surface area (Å²) in [5.74, 6) is 0. The van der Waals surface area contributed by atoms with Crippen molar-refractivity contribution < 1.29 is 0 Å². The summed E-state index contributed by atoms with van der Waals surface area (Å²) in [5, 5.41) is 2.24. The van der Waals surface area contributed by atoms with E-state index in [1.54, 1.807) is 6.20 Å². The molecule has 0 aromatic carbocycles. The summed E-state index contributed by atoms with van der Waals surface area (Å²) in [4.78, 5) is 15.3. The van der Waals surface area contributed by atoms with Crippen LogP contribution in [0.1, 0.15) is 0 Å². The molecule has 3 aromatic rings. The van der Waals surface area contributed by atoms with Crippen LogP contribution in [-0.4, -0.2) is 19.9 Å². The molecule has 0 aliphatic rings. The number of hydrogen-bond acceptors (Lipinski definition) is 3. The molecule has 3 heterocycles. The summed E-state index contributed by atoms with van der Waals surface area (Å²) >= 11 is 5.98. The van der Waals surface area contributed by atoms with Crippen molar-refractivity contribution in [2.75, 3.05) is 0 Å². The Kier molecular flexibility index (Phi) is 1.46. The van der Waals surface area contributed by atoms with Crippen LogP contribution in [0.2, 0.25) is 5.15 Å². The zero-order chi connectivity index (χ0) is 9.54. The zero-order valence-corrected chi connectivity index (χ0v) is 7.78. The predicted molar refractivity (Wildman–Crippen MR) is 54.2 cm³/mol. The van der Waals surface area contributed by atoms with Crippen molar-refractivity contribution in [2.24, 2.45) is 0 Å². The molecule has 0 bridgehead atoms. The lowest BCUT2D eigenvalue weighted by atomic mass is 10.3. The van der Waals surface area contributed by atoms with Gasteiger partial charge in [-0.15, -0.1) is 0 Å². The lowest BCUT2D eigenvalue weighted by Gasteiger charge is -1.90. The molecule has 0 aliphatic heterocycles. The Balaban J connectivity index is 2.65. The number of nitrogens with one attached hydrogen (secondary N) is 1. The van der Waals surface area contributed by atoms with E-state index in [0.717, 1.165) is 22.1 Å². The van der Waals surface area contributed by atoms with Gasteiger partial charge in [-0.25, -0.2) is 15.0 Å². The topological polar surface area (TPSA) is 54.5 Å². The average Bonchev–Trinajstić information content (AvgIpc) is 2.57. The molecule has 0 saturated carbocycles. The van der Waals surface area contributed by atoms with Crippen LogP contribution >= 0.6 is 11.6 Å². The van der Waals surface area contributed by atoms with Crippen LogP contribution in [-0.2, 0) is 0 Å². The molecule has 1 N–H and O–H groups in total. The lowest BCUT2D eigenvalue weighted by Crippen LogP contribution is -1.79. The molecule has 0 fully saturated rings. The number of halogens is 1. The molecule has 0 saturated heterocycles. The summed E-state index contributed by atoms with van der Waals surface area (Å²) in [6, 6.07) is 3.80. The average molecular weight is 205 g/mol. The molecular formula is C9H5ClN4. The van der Waals surface area contributed by atoms with Crippen molar-refractivity contribution >= 4 is 33.7 Å². The van der Waals surface area contributed by atoms with Gasteiger partial charge in [0, 0.05) is 11.6 Å². The van der Waals surface area contributed by atoms with Gasteiger partial charge in [0.15, 0.2) is 0 Å². The highest BCUT2D eigenvalue weighted by atomic mass is 35.5. The standard InChI is InChI=1S/C9H5ClN4/c10-7-6-5-2-1-3-11-8(5)14-9(6)13-4-12-7/h1-4H,(H,11,12,13,14). The Morgan fingerprint density at radius 3 is 3.00 bits per heavy atom. The van der Waals surface area contributed by atoms with Crippen LogP contribution in [0, 0.1) is 0 Å². The number of H-pyrrole nitrogens is 1. The monoisotopic (exact) mass is 204 g/mol. The zero-order valence-electron chi connectivity index (χ0n) is 7.03. The molecule has 68 valence electrons. The highest BCUT2D eigenvalue weighted by Gasteiger charge is 2.08. The van der Waals surface area contributed by atoms with Gasteiger partial charge < -0.3 is 4.98 Å². The number of aromatic nitrogens is 4. The minimum absolute atomic E-state index is 0.453. The van der Waals surface area contributed by atoms with Gasteiger partial charge in [-0.3, -0.25) is 0 Å². The van der Waals surface area contributed by atoms with Crippen LogP contribution in [0.5, 0.6) is 0 Å². The number of pyridine rings is 1. The number of rotatable bonds is 0. The molecule has 0 spiro atoms. The van der Waals surface area contributed by atoms with E-state index >= 15 is 0 Å². The quantitative estimate of drug-likeness (QED) is 0.571. The highest BCUT2D eigenvalue weighted by Crippen LogP contribution is 2.26. The summed E-state index contributed by atoms with van der Waals surface area (Å²) < 4.78 is 0. The molecule has 3 aromatic heterocycles. The third-order valence-electron chi connectivity index (χ3n) is 2.11. The van der Waals surface area contributed by atoms with Crippen molar-refractivity contribution in [3.05, 3.63) is 29.8 Å². The Morgan fingerprint density at radius 1 is 1.14 bits per heavy atom. The van der Waals surface area contributed by atoms with E-state index in [0.29, 0.717) is 5.15 Å². The van der Waals surface area contributed by atoms with Gasteiger partial charge >= 0.3 is 0 Å². The third-order valence-corrected chi connectivity index (χ3v) is 2.40. The fraction of sp³-hybridized carbons (Fsp3) is 0. The maximum absolute atomic E-state index is 5.98. The first-order valence-electron chi connectivity index (χ1n) is 4.09. The number of aromatic amines is 1. The molecule has 0 unspecified atom stereocenters. The largest absolute Gasteiger partial charge is 0.324 e. The fourth-order valence-corrected chi connectivity index (χ4v) is 1.75. The SMILES string of the molecule is Clc1ncnc2[nH]c3ncccc3c12.